The molecule has 0 aliphatic heterocycles. The number of hydrogen-bond donors (Lipinski definition) is 0. The van der Waals surface area contributed by atoms with Crippen LogP contribution in [0.2, 0.25) is 0 Å². The highest BCUT2D eigenvalue weighted by atomic mass is 14.7. The van der Waals surface area contributed by atoms with Gasteiger partial charge in [0.15, 0.2) is 0 Å². The highest BCUT2D eigenvalue weighted by molar-refractivity contribution is 5.13. The second-order valence-electron chi connectivity index (χ2n) is 5.27. The Morgan fingerprint density at radius 2 is 1.70 bits per heavy atom. The summed E-state index contributed by atoms with van der Waals surface area (Å²) < 4.78 is 0. The van der Waals surface area contributed by atoms with E-state index in [1.165, 1.54) is 12.8 Å². The third-order valence-corrected chi connectivity index (χ3v) is 4.61. The van der Waals surface area contributed by atoms with Gasteiger partial charge in [-0.1, -0.05) is 27.7 Å². The number of hydrogen-bond acceptors (Lipinski definition) is 0. The first-order valence-electron chi connectivity index (χ1n) is 4.47. The van der Waals surface area contributed by atoms with Crippen molar-refractivity contribution in [2.24, 2.45) is 22.7 Å². The van der Waals surface area contributed by atoms with Crippen LogP contribution in [0.15, 0.2) is 0 Å². The van der Waals surface area contributed by atoms with Gasteiger partial charge in [0.05, 0.1) is 0 Å². The Hall–Kier alpha value is 0. The third-order valence-electron chi connectivity index (χ3n) is 4.61. The predicted octanol–water partition coefficient (Wildman–Crippen LogP) is 3.08. The van der Waals surface area contributed by atoms with Gasteiger partial charge >= 0.3 is 0 Å². The topological polar surface area (TPSA) is 0 Å². The Morgan fingerprint density at radius 3 is 1.80 bits per heavy atom. The van der Waals surface area contributed by atoms with Crippen LogP contribution in [-0.2, 0) is 0 Å². The minimum Gasteiger partial charge on any atom is -0.0622 e. The molecule has 3 rings (SSSR count). The molecule has 2 bridgehead atoms. The molecule has 3 saturated carbocycles. The lowest BCUT2D eigenvalue weighted by Gasteiger charge is -2.53. The first kappa shape index (κ1) is 6.69. The Balaban J connectivity index is 2.31. The lowest BCUT2D eigenvalue weighted by Crippen LogP contribution is -2.46. The Bertz CT molecular complexity index is 166. The molecule has 0 heterocycles. The lowest BCUT2D eigenvalue weighted by atomic mass is 9.51. The minimum atomic E-state index is 0.659. The molecule has 3 aliphatic carbocycles. The van der Waals surface area contributed by atoms with Crippen molar-refractivity contribution in [1.29, 1.82) is 0 Å². The largest absolute Gasteiger partial charge is 0.0622 e. The zero-order valence-corrected chi connectivity index (χ0v) is 7.57. The first-order chi connectivity index (χ1) is 4.47. The molecular weight excluding hydrogens is 120 g/mol. The van der Waals surface area contributed by atoms with Crippen molar-refractivity contribution in [3.63, 3.8) is 0 Å². The summed E-state index contributed by atoms with van der Waals surface area (Å²) in [6, 6.07) is 0. The Kier molecular flexibility index (Phi) is 0.964. The molecular formula is C10H18. The molecule has 0 saturated heterocycles. The van der Waals surface area contributed by atoms with E-state index in [-0.39, 0.29) is 0 Å². The van der Waals surface area contributed by atoms with Crippen LogP contribution in [0.5, 0.6) is 0 Å². The third kappa shape index (κ3) is 0.466. The standard InChI is InChI=1S/C10H18/c1-7-5-10(4)6-8(7)9(10,2)3/h7-8H,5-6H2,1-4H3. The van der Waals surface area contributed by atoms with Gasteiger partial charge in [-0.25, -0.2) is 0 Å². The van der Waals surface area contributed by atoms with Crippen LogP contribution in [0.3, 0.4) is 0 Å². The monoisotopic (exact) mass is 138 g/mol. The van der Waals surface area contributed by atoms with E-state index in [1.54, 1.807) is 0 Å². The summed E-state index contributed by atoms with van der Waals surface area (Å²) in [5.41, 5.74) is 1.36. The SMILES string of the molecule is CC1CC2(C)CC1C2(C)C. The van der Waals surface area contributed by atoms with Gasteiger partial charge in [-0.05, 0) is 35.5 Å². The van der Waals surface area contributed by atoms with Gasteiger partial charge in [0.1, 0.15) is 0 Å². The van der Waals surface area contributed by atoms with Crippen molar-refractivity contribution in [2.45, 2.75) is 40.5 Å². The molecule has 3 unspecified atom stereocenters. The van der Waals surface area contributed by atoms with Gasteiger partial charge in [0.25, 0.3) is 0 Å². The summed E-state index contributed by atoms with van der Waals surface area (Å²) >= 11 is 0. The minimum absolute atomic E-state index is 0.659. The number of rotatable bonds is 0. The Morgan fingerprint density at radius 1 is 1.10 bits per heavy atom. The van der Waals surface area contributed by atoms with Crippen LogP contribution >= 0.6 is 0 Å². The maximum Gasteiger partial charge on any atom is -0.0266 e. The first-order valence-corrected chi connectivity index (χ1v) is 4.47. The normalized spacial score (nSPS) is 56.4. The molecule has 0 heteroatoms. The van der Waals surface area contributed by atoms with E-state index >= 15 is 0 Å². The van der Waals surface area contributed by atoms with Crippen LogP contribution in [0.4, 0.5) is 0 Å². The van der Waals surface area contributed by atoms with Crippen molar-refractivity contribution in [3.05, 3.63) is 0 Å². The van der Waals surface area contributed by atoms with E-state index in [2.05, 4.69) is 27.7 Å². The lowest BCUT2D eigenvalue weighted by molar-refractivity contribution is -0.0448. The highest BCUT2D eigenvalue weighted by Crippen LogP contribution is 2.72. The van der Waals surface area contributed by atoms with Crippen molar-refractivity contribution in [1.82, 2.24) is 0 Å². The number of fused-ring (bicyclic) bond motifs is 1. The molecule has 0 nitrogen and oxygen atoms in total. The van der Waals surface area contributed by atoms with E-state index in [0.717, 1.165) is 11.8 Å². The average molecular weight is 138 g/mol. The zero-order chi connectivity index (χ0) is 7.57. The van der Waals surface area contributed by atoms with Gasteiger partial charge in [-0.15, -0.1) is 0 Å². The Labute approximate surface area is 64.0 Å². The molecule has 0 spiro atoms. The summed E-state index contributed by atoms with van der Waals surface area (Å²) in [6.45, 7) is 9.78. The molecule has 0 amide bonds. The van der Waals surface area contributed by atoms with E-state index in [4.69, 9.17) is 0 Å². The summed E-state index contributed by atoms with van der Waals surface area (Å²) in [7, 11) is 0. The predicted molar refractivity (Wildman–Crippen MR) is 43.8 cm³/mol. The molecule has 0 aromatic heterocycles. The van der Waals surface area contributed by atoms with Crippen LogP contribution in [0.1, 0.15) is 40.5 Å². The van der Waals surface area contributed by atoms with Crippen molar-refractivity contribution < 1.29 is 0 Å². The quantitative estimate of drug-likeness (QED) is 0.482. The van der Waals surface area contributed by atoms with Crippen LogP contribution in [-0.4, -0.2) is 0 Å². The molecule has 3 fully saturated rings. The van der Waals surface area contributed by atoms with Crippen LogP contribution in [0.25, 0.3) is 0 Å². The van der Waals surface area contributed by atoms with Gasteiger partial charge in [0, 0.05) is 0 Å². The van der Waals surface area contributed by atoms with E-state index in [9.17, 15) is 0 Å². The summed E-state index contributed by atoms with van der Waals surface area (Å²) in [6.07, 6.45) is 2.98. The van der Waals surface area contributed by atoms with Crippen molar-refractivity contribution >= 4 is 0 Å². The highest BCUT2D eigenvalue weighted by Gasteiger charge is 2.64. The van der Waals surface area contributed by atoms with Crippen molar-refractivity contribution in [2.75, 3.05) is 0 Å². The smallest absolute Gasteiger partial charge is 0.0266 e. The van der Waals surface area contributed by atoms with E-state index in [0.29, 0.717) is 10.8 Å². The molecule has 3 atom stereocenters. The molecule has 0 aromatic carbocycles. The van der Waals surface area contributed by atoms with E-state index < -0.39 is 0 Å². The maximum atomic E-state index is 2.47. The van der Waals surface area contributed by atoms with Gasteiger partial charge in [-0.3, -0.25) is 0 Å². The fourth-order valence-electron chi connectivity index (χ4n) is 3.43. The van der Waals surface area contributed by atoms with Crippen molar-refractivity contribution in [3.8, 4) is 0 Å². The fraction of sp³-hybridized carbons (Fsp3) is 1.00. The molecule has 0 aromatic rings. The van der Waals surface area contributed by atoms with Gasteiger partial charge in [-0.2, -0.15) is 0 Å². The average Bonchev–Trinajstić information content (AvgIpc) is 2.17. The van der Waals surface area contributed by atoms with E-state index in [1.807, 2.05) is 0 Å². The van der Waals surface area contributed by atoms with Gasteiger partial charge in [0.2, 0.25) is 0 Å². The molecule has 10 heavy (non-hydrogen) atoms. The maximum absolute atomic E-state index is 2.47. The summed E-state index contributed by atoms with van der Waals surface area (Å²) in [4.78, 5) is 0. The molecule has 0 N–H and O–H groups in total. The zero-order valence-electron chi connectivity index (χ0n) is 7.57. The second kappa shape index (κ2) is 1.44. The molecule has 0 radical (unpaired) electrons. The van der Waals surface area contributed by atoms with Crippen LogP contribution in [0, 0.1) is 22.7 Å². The molecule has 3 aliphatic rings. The second-order valence-corrected chi connectivity index (χ2v) is 5.27. The molecule has 58 valence electrons. The van der Waals surface area contributed by atoms with Crippen LogP contribution < -0.4 is 0 Å². The summed E-state index contributed by atoms with van der Waals surface area (Å²) in [5, 5.41) is 0. The fourth-order valence-corrected chi connectivity index (χ4v) is 3.43. The van der Waals surface area contributed by atoms with Gasteiger partial charge < -0.3 is 0 Å². The summed E-state index contributed by atoms with van der Waals surface area (Å²) in [5.74, 6) is 2.04.